The first kappa shape index (κ1) is 24.5. The number of fused-ring (bicyclic) bond motifs is 5. The van der Waals surface area contributed by atoms with Crippen LogP contribution in [0.25, 0.3) is 0 Å². The quantitative estimate of drug-likeness (QED) is 0.455. The van der Waals surface area contributed by atoms with Crippen LogP contribution in [-0.2, 0) is 15.1 Å². The molecule has 4 N–H and O–H groups in total. The fourth-order valence-corrected chi connectivity index (χ4v) is 6.93. The maximum Gasteiger partial charge on any atom is 0.309 e. The molecule has 37 heavy (non-hydrogen) atoms. The Balaban J connectivity index is 1.49. The molecule has 5 atom stereocenters. The Kier molecular flexibility index (Phi) is 5.50. The number of amides is 1. The molecular formula is C24H21Cl2F2N3O6. The first-order valence-electron chi connectivity index (χ1n) is 11.6. The van der Waals surface area contributed by atoms with Crippen molar-refractivity contribution in [3.8, 4) is 11.5 Å². The number of aliphatic hydroxyl groups is 1. The van der Waals surface area contributed by atoms with Crippen molar-refractivity contribution in [1.29, 1.82) is 0 Å². The number of alkyl halides is 2. The normalized spacial score (nSPS) is 31.1. The highest BCUT2D eigenvalue weighted by Gasteiger charge is 2.74. The van der Waals surface area contributed by atoms with Gasteiger partial charge >= 0.3 is 5.97 Å². The van der Waals surface area contributed by atoms with Crippen LogP contribution in [0, 0.1) is 11.8 Å². The van der Waals surface area contributed by atoms with Crippen LogP contribution in [0.2, 0.25) is 10.0 Å². The van der Waals surface area contributed by atoms with Crippen molar-refractivity contribution >= 4 is 46.5 Å². The minimum absolute atomic E-state index is 0.0889. The molecule has 4 aliphatic rings. The highest BCUT2D eigenvalue weighted by atomic mass is 35.5. The van der Waals surface area contributed by atoms with Gasteiger partial charge in [0.1, 0.15) is 25.0 Å². The number of halogens is 4. The number of aliphatic carboxylic acids is 1. The molecule has 0 bridgehead atoms. The highest BCUT2D eigenvalue weighted by molar-refractivity contribution is 6.36. The number of anilines is 2. The average molecular weight is 556 g/mol. The minimum Gasteiger partial charge on any atom is -0.486 e. The monoisotopic (exact) mass is 555 g/mol. The molecule has 0 radical (unpaired) electrons. The summed E-state index contributed by atoms with van der Waals surface area (Å²) in [6, 6.07) is 6.41. The molecule has 4 aliphatic heterocycles. The molecule has 2 aromatic carbocycles. The van der Waals surface area contributed by atoms with Gasteiger partial charge in [-0.3, -0.25) is 14.5 Å². The molecule has 1 unspecified atom stereocenters. The van der Waals surface area contributed by atoms with E-state index in [1.165, 1.54) is 17.0 Å². The molecule has 1 spiro atoms. The van der Waals surface area contributed by atoms with E-state index in [0.717, 1.165) is 0 Å². The van der Waals surface area contributed by atoms with Gasteiger partial charge in [0.05, 0.1) is 34.8 Å². The number of carboxylic acid groups (broad SMARTS) is 1. The van der Waals surface area contributed by atoms with Crippen LogP contribution in [0.15, 0.2) is 30.3 Å². The summed E-state index contributed by atoms with van der Waals surface area (Å²) in [6.45, 7) is -0.299. The van der Waals surface area contributed by atoms with Gasteiger partial charge in [0.25, 0.3) is 5.92 Å². The summed E-state index contributed by atoms with van der Waals surface area (Å²) in [5.74, 6) is -7.89. The maximum atomic E-state index is 14.9. The van der Waals surface area contributed by atoms with Crippen LogP contribution in [-0.4, -0.2) is 64.9 Å². The number of hydrogen-bond donors (Lipinski definition) is 4. The number of rotatable bonds is 3. The topological polar surface area (TPSA) is 120 Å². The van der Waals surface area contributed by atoms with E-state index in [2.05, 4.69) is 10.6 Å². The molecule has 1 amide bonds. The Morgan fingerprint density at radius 2 is 1.95 bits per heavy atom. The van der Waals surface area contributed by atoms with E-state index in [4.69, 9.17) is 32.7 Å². The van der Waals surface area contributed by atoms with E-state index >= 15 is 0 Å². The third-order valence-corrected chi connectivity index (χ3v) is 8.13. The number of carboxylic acids is 1. The van der Waals surface area contributed by atoms with Gasteiger partial charge in [-0.25, -0.2) is 8.78 Å². The first-order valence-corrected chi connectivity index (χ1v) is 12.3. The lowest BCUT2D eigenvalue weighted by Crippen LogP contribution is -2.56. The Hall–Kier alpha value is -2.86. The van der Waals surface area contributed by atoms with Crippen LogP contribution in [0.4, 0.5) is 20.2 Å². The number of nitrogens with one attached hydrogen (secondary N) is 2. The zero-order valence-electron chi connectivity index (χ0n) is 19.0. The van der Waals surface area contributed by atoms with Crippen molar-refractivity contribution in [2.45, 2.75) is 30.2 Å². The SMILES string of the molecule is O=C(Nc1cccc2c1OCCO2)[C@H]1[C@H]2CC(F)(F)CN2[C@@]2(c3cc(Cl)cc(Cl)c3NC2O)[C@H]1C(=O)O. The number of carbonyl (C=O) groups is 2. The largest absolute Gasteiger partial charge is 0.486 e. The molecule has 0 saturated carbocycles. The smallest absolute Gasteiger partial charge is 0.309 e. The molecule has 4 heterocycles. The van der Waals surface area contributed by atoms with Gasteiger partial charge in [-0.05, 0) is 24.3 Å². The summed E-state index contributed by atoms with van der Waals surface area (Å²) < 4.78 is 40.9. The van der Waals surface area contributed by atoms with Gasteiger partial charge in [0.2, 0.25) is 5.91 Å². The molecule has 0 aromatic heterocycles. The number of benzene rings is 2. The van der Waals surface area contributed by atoms with Gasteiger partial charge in [0, 0.05) is 23.0 Å². The van der Waals surface area contributed by atoms with Crippen molar-refractivity contribution in [3.63, 3.8) is 0 Å². The number of para-hydroxylation sites is 1. The summed E-state index contributed by atoms with van der Waals surface area (Å²) in [6.07, 6.45) is -2.42. The van der Waals surface area contributed by atoms with Crippen molar-refractivity contribution in [2.75, 3.05) is 30.4 Å². The van der Waals surface area contributed by atoms with Gasteiger partial charge in [-0.1, -0.05) is 29.3 Å². The molecule has 2 saturated heterocycles. The van der Waals surface area contributed by atoms with Crippen LogP contribution in [0.5, 0.6) is 11.5 Å². The molecule has 2 fully saturated rings. The predicted molar refractivity (Wildman–Crippen MR) is 129 cm³/mol. The molecule has 196 valence electrons. The van der Waals surface area contributed by atoms with Crippen molar-refractivity contribution in [3.05, 3.63) is 45.9 Å². The second kappa shape index (κ2) is 8.32. The number of ether oxygens (including phenoxy) is 2. The van der Waals surface area contributed by atoms with Gasteiger partial charge < -0.3 is 30.3 Å². The van der Waals surface area contributed by atoms with Crippen LogP contribution < -0.4 is 20.1 Å². The predicted octanol–water partition coefficient (Wildman–Crippen LogP) is 3.38. The summed E-state index contributed by atoms with van der Waals surface area (Å²) in [5, 5.41) is 27.3. The van der Waals surface area contributed by atoms with Crippen molar-refractivity contribution < 1.29 is 38.1 Å². The first-order chi connectivity index (χ1) is 17.5. The van der Waals surface area contributed by atoms with E-state index in [-0.39, 0.29) is 39.3 Å². The van der Waals surface area contributed by atoms with E-state index in [1.54, 1.807) is 18.2 Å². The van der Waals surface area contributed by atoms with E-state index in [1.807, 2.05) is 0 Å². The Bertz CT molecular complexity index is 1330. The Morgan fingerprint density at radius 3 is 2.70 bits per heavy atom. The summed E-state index contributed by atoms with van der Waals surface area (Å²) in [5.41, 5.74) is -1.38. The summed E-state index contributed by atoms with van der Waals surface area (Å²) in [7, 11) is 0. The van der Waals surface area contributed by atoms with Crippen LogP contribution >= 0.6 is 23.2 Å². The number of nitrogens with zero attached hydrogens (tertiary/aromatic N) is 1. The Labute approximate surface area is 219 Å². The number of hydrogen-bond acceptors (Lipinski definition) is 7. The highest BCUT2D eigenvalue weighted by Crippen LogP contribution is 2.62. The van der Waals surface area contributed by atoms with Crippen LogP contribution in [0.1, 0.15) is 12.0 Å². The van der Waals surface area contributed by atoms with E-state index in [9.17, 15) is 28.6 Å². The van der Waals surface area contributed by atoms with Gasteiger partial charge in [-0.2, -0.15) is 0 Å². The molecule has 9 nitrogen and oxygen atoms in total. The lowest BCUT2D eigenvalue weighted by Gasteiger charge is -2.40. The minimum atomic E-state index is -3.23. The van der Waals surface area contributed by atoms with E-state index in [0.29, 0.717) is 12.4 Å². The number of aliphatic hydroxyl groups excluding tert-OH is 1. The summed E-state index contributed by atoms with van der Waals surface area (Å²) in [4.78, 5) is 27.8. The Morgan fingerprint density at radius 1 is 1.19 bits per heavy atom. The van der Waals surface area contributed by atoms with Gasteiger partial charge in [-0.15, -0.1) is 0 Å². The van der Waals surface area contributed by atoms with Crippen LogP contribution in [0.3, 0.4) is 0 Å². The maximum absolute atomic E-state index is 14.9. The van der Waals surface area contributed by atoms with Gasteiger partial charge in [0.15, 0.2) is 11.5 Å². The lowest BCUT2D eigenvalue weighted by atomic mass is 9.73. The zero-order chi connectivity index (χ0) is 26.3. The standard InChI is InChI=1S/C24H21Cl2F2N3O6/c25-10-6-11-18(12(26)7-10)30-22(35)24(11)17(21(33)34)16(14-8-23(27,28)9-31(14)24)20(32)29-13-2-1-3-15-19(13)37-5-4-36-15/h1-3,6-7,14,16-17,22,30,35H,4-5,8-9H2,(H,29,32)(H,33,34)/t14-,16+,17-,22?,24+/m1/s1. The third-order valence-electron chi connectivity index (χ3n) is 7.61. The average Bonchev–Trinajstić information content (AvgIpc) is 3.40. The zero-order valence-corrected chi connectivity index (χ0v) is 20.5. The van der Waals surface area contributed by atoms with Crippen molar-refractivity contribution in [2.24, 2.45) is 11.8 Å². The number of carbonyl (C=O) groups excluding carboxylic acids is 1. The molecule has 2 aromatic rings. The molecule has 6 rings (SSSR count). The molecule has 0 aliphatic carbocycles. The fraction of sp³-hybridized carbons (Fsp3) is 0.417. The molecule has 13 heteroatoms. The molecular weight excluding hydrogens is 535 g/mol. The third kappa shape index (κ3) is 3.48. The summed E-state index contributed by atoms with van der Waals surface area (Å²) >= 11 is 12.5. The second-order valence-electron chi connectivity index (χ2n) is 9.60. The fourth-order valence-electron chi connectivity index (χ4n) is 6.38. The second-order valence-corrected chi connectivity index (χ2v) is 10.4. The lowest BCUT2D eigenvalue weighted by molar-refractivity contribution is -0.153. The van der Waals surface area contributed by atoms with E-state index < -0.39 is 60.4 Å². The van der Waals surface area contributed by atoms with Crippen molar-refractivity contribution in [1.82, 2.24) is 4.90 Å².